The van der Waals surface area contributed by atoms with E-state index >= 15 is 0 Å². The van der Waals surface area contributed by atoms with Crippen molar-refractivity contribution >= 4 is 12.2 Å². The van der Waals surface area contributed by atoms with E-state index in [1.54, 1.807) is 19.4 Å². The Hall–Kier alpha value is -0.830. The molecule has 0 spiro atoms. The van der Waals surface area contributed by atoms with Crippen molar-refractivity contribution in [1.82, 2.24) is 4.73 Å². The molecule has 2 nitrogen and oxygen atoms in total. The van der Waals surface area contributed by atoms with Crippen LogP contribution in [0.5, 0.6) is 0 Å². The predicted octanol–water partition coefficient (Wildman–Crippen LogP) is 1.28. The van der Waals surface area contributed by atoms with Gasteiger partial charge in [-0.15, -0.1) is 0 Å². The van der Waals surface area contributed by atoms with Crippen molar-refractivity contribution in [3.8, 4) is 0 Å². The summed E-state index contributed by atoms with van der Waals surface area (Å²) in [5, 5.41) is 0. The van der Waals surface area contributed by atoms with Crippen molar-refractivity contribution in [2.45, 2.75) is 0 Å². The SMILES string of the molecule is COn1ccccc1=S. The van der Waals surface area contributed by atoms with Crippen LogP contribution < -0.4 is 4.84 Å². The normalized spacial score (nSPS) is 9.00. The van der Waals surface area contributed by atoms with Gasteiger partial charge in [0.15, 0.2) is 0 Å². The minimum absolute atomic E-state index is 0.681. The molecule has 0 fully saturated rings. The van der Waals surface area contributed by atoms with Gasteiger partial charge in [-0.05, 0) is 12.1 Å². The first-order valence-corrected chi connectivity index (χ1v) is 2.97. The predicted molar refractivity (Wildman–Crippen MR) is 37.8 cm³/mol. The Morgan fingerprint density at radius 1 is 1.56 bits per heavy atom. The van der Waals surface area contributed by atoms with Gasteiger partial charge in [-0.3, -0.25) is 0 Å². The number of nitrogens with zero attached hydrogens (tertiary/aromatic N) is 1. The molecule has 1 aromatic heterocycles. The van der Waals surface area contributed by atoms with Crippen LogP contribution in [0.4, 0.5) is 0 Å². The van der Waals surface area contributed by atoms with E-state index in [1.807, 2.05) is 12.1 Å². The Morgan fingerprint density at radius 3 is 2.78 bits per heavy atom. The van der Waals surface area contributed by atoms with E-state index in [0.717, 1.165) is 0 Å². The van der Waals surface area contributed by atoms with Gasteiger partial charge >= 0.3 is 0 Å². The van der Waals surface area contributed by atoms with E-state index in [-0.39, 0.29) is 0 Å². The van der Waals surface area contributed by atoms with Crippen molar-refractivity contribution in [3.05, 3.63) is 29.0 Å². The van der Waals surface area contributed by atoms with Crippen LogP contribution in [0.25, 0.3) is 0 Å². The van der Waals surface area contributed by atoms with Crippen LogP contribution in [-0.4, -0.2) is 11.8 Å². The molecule has 1 rings (SSSR count). The summed E-state index contributed by atoms with van der Waals surface area (Å²) in [6, 6.07) is 5.54. The topological polar surface area (TPSA) is 14.2 Å². The zero-order chi connectivity index (χ0) is 6.69. The average molecular weight is 141 g/mol. The van der Waals surface area contributed by atoms with E-state index in [9.17, 15) is 0 Å². The molecule has 1 aromatic rings. The van der Waals surface area contributed by atoms with Crippen LogP contribution in [0.3, 0.4) is 0 Å². The van der Waals surface area contributed by atoms with Gasteiger partial charge in [-0.25, -0.2) is 0 Å². The Balaban J connectivity index is 3.16. The van der Waals surface area contributed by atoms with Crippen LogP contribution in [-0.2, 0) is 0 Å². The molecular formula is C6H7NOS. The minimum atomic E-state index is 0.681. The molecule has 0 atom stereocenters. The second-order valence-electron chi connectivity index (χ2n) is 1.55. The molecule has 0 bridgehead atoms. The average Bonchev–Trinajstić information content (AvgIpc) is 1.89. The van der Waals surface area contributed by atoms with Gasteiger partial charge < -0.3 is 4.84 Å². The van der Waals surface area contributed by atoms with Crippen molar-refractivity contribution in [1.29, 1.82) is 0 Å². The molecule has 0 saturated heterocycles. The summed E-state index contributed by atoms with van der Waals surface area (Å²) in [6.07, 6.45) is 1.77. The third-order valence-corrected chi connectivity index (χ3v) is 1.30. The highest BCUT2D eigenvalue weighted by Gasteiger charge is 1.82. The van der Waals surface area contributed by atoms with Crippen molar-refractivity contribution in [2.24, 2.45) is 0 Å². The molecule has 0 unspecified atom stereocenters. The summed E-state index contributed by atoms with van der Waals surface area (Å²) >= 11 is 4.89. The van der Waals surface area contributed by atoms with Gasteiger partial charge in [0.2, 0.25) is 0 Å². The van der Waals surface area contributed by atoms with Gasteiger partial charge in [0.1, 0.15) is 11.8 Å². The van der Waals surface area contributed by atoms with E-state index in [1.165, 1.54) is 4.73 Å². The second kappa shape index (κ2) is 2.64. The van der Waals surface area contributed by atoms with Crippen molar-refractivity contribution < 1.29 is 4.84 Å². The molecule has 0 aliphatic rings. The zero-order valence-electron chi connectivity index (χ0n) is 5.07. The van der Waals surface area contributed by atoms with E-state index in [4.69, 9.17) is 17.1 Å². The molecule has 0 aliphatic heterocycles. The van der Waals surface area contributed by atoms with Crippen LogP contribution >= 0.6 is 12.2 Å². The lowest BCUT2D eigenvalue weighted by molar-refractivity contribution is 0.162. The van der Waals surface area contributed by atoms with Gasteiger partial charge in [0.25, 0.3) is 0 Å². The zero-order valence-corrected chi connectivity index (χ0v) is 5.89. The number of hydrogen-bond acceptors (Lipinski definition) is 2. The smallest absolute Gasteiger partial charge is 0.142 e. The van der Waals surface area contributed by atoms with Gasteiger partial charge in [-0.1, -0.05) is 18.3 Å². The first-order chi connectivity index (χ1) is 4.34. The maximum atomic E-state index is 4.89. The maximum Gasteiger partial charge on any atom is 0.142 e. The summed E-state index contributed by atoms with van der Waals surface area (Å²) in [5.74, 6) is 0. The molecule has 0 amide bonds. The Kier molecular flexibility index (Phi) is 1.85. The number of rotatable bonds is 1. The summed E-state index contributed by atoms with van der Waals surface area (Å²) in [5.41, 5.74) is 0. The van der Waals surface area contributed by atoms with Crippen LogP contribution in [0.1, 0.15) is 0 Å². The van der Waals surface area contributed by atoms with E-state index in [0.29, 0.717) is 4.64 Å². The summed E-state index contributed by atoms with van der Waals surface area (Å²) in [7, 11) is 1.58. The third-order valence-electron chi connectivity index (χ3n) is 0.985. The highest BCUT2D eigenvalue weighted by atomic mass is 32.1. The Morgan fingerprint density at radius 2 is 2.33 bits per heavy atom. The standard InChI is InChI=1S/C6H7NOS/c1-8-7-5-3-2-4-6(7)9/h2-5H,1H3. The molecule has 3 heteroatoms. The molecule has 9 heavy (non-hydrogen) atoms. The fourth-order valence-electron chi connectivity index (χ4n) is 0.563. The summed E-state index contributed by atoms with van der Waals surface area (Å²) in [4.78, 5) is 4.86. The van der Waals surface area contributed by atoms with E-state index in [2.05, 4.69) is 0 Å². The fraction of sp³-hybridized carbons (Fsp3) is 0.167. The fourth-order valence-corrected chi connectivity index (χ4v) is 0.777. The second-order valence-corrected chi connectivity index (χ2v) is 1.97. The summed E-state index contributed by atoms with van der Waals surface area (Å²) in [6.45, 7) is 0. The van der Waals surface area contributed by atoms with Gasteiger partial charge in [0.05, 0.1) is 0 Å². The number of pyridine rings is 1. The van der Waals surface area contributed by atoms with E-state index < -0.39 is 0 Å². The monoisotopic (exact) mass is 141 g/mol. The first-order valence-electron chi connectivity index (χ1n) is 2.57. The highest BCUT2D eigenvalue weighted by molar-refractivity contribution is 7.71. The molecule has 0 radical (unpaired) electrons. The van der Waals surface area contributed by atoms with Crippen molar-refractivity contribution in [2.75, 3.05) is 7.11 Å². The first kappa shape index (κ1) is 6.29. The Bertz CT molecular complexity index is 243. The number of aromatic nitrogens is 1. The molecule has 48 valence electrons. The van der Waals surface area contributed by atoms with Gasteiger partial charge in [0, 0.05) is 6.20 Å². The Labute approximate surface area is 58.7 Å². The molecule has 0 aliphatic carbocycles. The number of hydrogen-bond donors (Lipinski definition) is 0. The molecule has 0 saturated carbocycles. The molecular weight excluding hydrogens is 134 g/mol. The van der Waals surface area contributed by atoms with Crippen LogP contribution in [0.2, 0.25) is 0 Å². The lowest BCUT2D eigenvalue weighted by Gasteiger charge is -2.00. The third kappa shape index (κ3) is 1.29. The largest absolute Gasteiger partial charge is 0.416 e. The van der Waals surface area contributed by atoms with Crippen molar-refractivity contribution in [3.63, 3.8) is 0 Å². The van der Waals surface area contributed by atoms with Crippen LogP contribution in [0, 0.1) is 4.64 Å². The summed E-state index contributed by atoms with van der Waals surface area (Å²) < 4.78 is 2.20. The molecule has 0 N–H and O–H groups in total. The minimum Gasteiger partial charge on any atom is -0.416 e. The maximum absolute atomic E-state index is 4.89. The quantitative estimate of drug-likeness (QED) is 0.547. The lowest BCUT2D eigenvalue weighted by atomic mass is 10.5. The highest BCUT2D eigenvalue weighted by Crippen LogP contribution is 1.88. The lowest BCUT2D eigenvalue weighted by Crippen LogP contribution is -2.05. The van der Waals surface area contributed by atoms with Gasteiger partial charge in [-0.2, -0.15) is 4.73 Å². The van der Waals surface area contributed by atoms with Crippen LogP contribution in [0.15, 0.2) is 24.4 Å². The molecule has 1 heterocycles. The molecule has 0 aromatic carbocycles.